The molecule has 1 aromatic carbocycles. The second kappa shape index (κ2) is 7.16. The Hall–Kier alpha value is -2.52. The van der Waals surface area contributed by atoms with Crippen molar-refractivity contribution >= 4 is 22.4 Å². The van der Waals surface area contributed by atoms with Gasteiger partial charge in [0.25, 0.3) is 5.91 Å². The lowest BCUT2D eigenvalue weighted by atomic mass is 10.2. The van der Waals surface area contributed by atoms with Crippen molar-refractivity contribution in [3.8, 4) is 17.6 Å². The summed E-state index contributed by atoms with van der Waals surface area (Å²) >= 11 is 1.62. The molecule has 23 heavy (non-hydrogen) atoms. The summed E-state index contributed by atoms with van der Waals surface area (Å²) in [5, 5.41) is 2.98. The minimum absolute atomic E-state index is 0.144. The van der Waals surface area contributed by atoms with Crippen molar-refractivity contribution in [2.45, 2.75) is 0 Å². The van der Waals surface area contributed by atoms with Crippen LogP contribution in [0.1, 0.15) is 5.56 Å². The highest BCUT2D eigenvalue weighted by molar-refractivity contribution is 7.13. The molecule has 0 atom stereocenters. The van der Waals surface area contributed by atoms with E-state index in [-0.39, 0.29) is 5.91 Å². The Morgan fingerprint density at radius 2 is 2.04 bits per heavy atom. The van der Waals surface area contributed by atoms with Gasteiger partial charge in [0.05, 0.1) is 12.7 Å². The monoisotopic (exact) mass is 327 g/mol. The second-order valence-corrected chi connectivity index (χ2v) is 5.92. The van der Waals surface area contributed by atoms with E-state index in [9.17, 15) is 4.79 Å². The van der Waals surface area contributed by atoms with Crippen LogP contribution in [0.4, 0.5) is 5.13 Å². The van der Waals surface area contributed by atoms with Crippen LogP contribution in [0, 0.1) is 11.8 Å². The van der Waals surface area contributed by atoms with Crippen molar-refractivity contribution in [2.24, 2.45) is 0 Å². The molecule has 1 saturated heterocycles. The van der Waals surface area contributed by atoms with Gasteiger partial charge in [-0.1, -0.05) is 18.1 Å². The fourth-order valence-corrected chi connectivity index (χ4v) is 3.12. The Labute approximate surface area is 139 Å². The maximum absolute atomic E-state index is 12.2. The van der Waals surface area contributed by atoms with E-state index in [0.717, 1.165) is 23.8 Å². The predicted octanol–water partition coefficient (Wildman–Crippen LogP) is 1.85. The first-order valence-electron chi connectivity index (χ1n) is 7.36. The zero-order valence-corrected chi connectivity index (χ0v) is 13.7. The van der Waals surface area contributed by atoms with Crippen molar-refractivity contribution in [1.82, 2.24) is 9.88 Å². The van der Waals surface area contributed by atoms with Crippen LogP contribution in [-0.4, -0.2) is 49.1 Å². The van der Waals surface area contributed by atoms with E-state index in [1.807, 2.05) is 29.6 Å². The zero-order valence-electron chi connectivity index (χ0n) is 12.9. The molecule has 1 amide bonds. The first-order valence-corrected chi connectivity index (χ1v) is 8.24. The molecule has 0 spiro atoms. The van der Waals surface area contributed by atoms with E-state index in [4.69, 9.17) is 4.74 Å². The smallest absolute Gasteiger partial charge is 0.298 e. The minimum atomic E-state index is -0.144. The molecule has 0 bridgehead atoms. The lowest BCUT2D eigenvalue weighted by Crippen LogP contribution is -2.48. The molecule has 1 fully saturated rings. The van der Waals surface area contributed by atoms with Crippen molar-refractivity contribution in [3.63, 3.8) is 0 Å². The highest BCUT2D eigenvalue weighted by atomic mass is 32.1. The fourth-order valence-electron chi connectivity index (χ4n) is 2.42. The van der Waals surface area contributed by atoms with E-state index in [2.05, 4.69) is 21.7 Å². The number of ether oxygens (including phenoxy) is 1. The number of carbonyl (C=O) groups excluding carboxylic acids is 1. The molecule has 2 heterocycles. The van der Waals surface area contributed by atoms with Gasteiger partial charge in [0.2, 0.25) is 0 Å². The molecule has 0 saturated carbocycles. The molecule has 0 N–H and O–H groups in total. The summed E-state index contributed by atoms with van der Waals surface area (Å²) in [7, 11) is 1.60. The molecule has 1 aliphatic rings. The van der Waals surface area contributed by atoms with Gasteiger partial charge in [-0.25, -0.2) is 4.98 Å². The van der Waals surface area contributed by atoms with Crippen LogP contribution in [-0.2, 0) is 4.79 Å². The Bertz CT molecular complexity index is 726. The number of methoxy groups -OCH3 is 1. The third-order valence-electron chi connectivity index (χ3n) is 3.67. The molecule has 6 heteroatoms. The maximum Gasteiger partial charge on any atom is 0.298 e. The van der Waals surface area contributed by atoms with Gasteiger partial charge in [0.15, 0.2) is 5.13 Å². The lowest BCUT2D eigenvalue weighted by Gasteiger charge is -2.33. The molecule has 2 aromatic rings. The summed E-state index contributed by atoms with van der Waals surface area (Å²) in [6.45, 7) is 2.91. The van der Waals surface area contributed by atoms with Gasteiger partial charge < -0.3 is 14.5 Å². The summed E-state index contributed by atoms with van der Waals surface area (Å²) in [4.78, 5) is 20.5. The topological polar surface area (TPSA) is 45.7 Å². The summed E-state index contributed by atoms with van der Waals surface area (Å²) < 4.78 is 5.24. The van der Waals surface area contributed by atoms with Crippen LogP contribution in [0.15, 0.2) is 35.8 Å². The van der Waals surface area contributed by atoms with Crippen LogP contribution in [0.5, 0.6) is 5.75 Å². The Kier molecular flexibility index (Phi) is 4.79. The van der Waals surface area contributed by atoms with E-state index >= 15 is 0 Å². The van der Waals surface area contributed by atoms with Crippen LogP contribution in [0.3, 0.4) is 0 Å². The largest absolute Gasteiger partial charge is 0.495 e. The number of hydrogen-bond acceptors (Lipinski definition) is 5. The van der Waals surface area contributed by atoms with Gasteiger partial charge in [-0.15, -0.1) is 11.3 Å². The number of rotatable bonds is 2. The number of piperazine rings is 1. The standard InChI is InChI=1S/C17H17N3O2S/c1-22-15-5-3-2-4-14(15)6-7-16(21)19-9-11-20(12-10-19)17-18-8-13-23-17/h2-5,8,13H,9-12H2,1H3. The molecule has 3 rings (SSSR count). The fraction of sp³-hybridized carbons (Fsp3) is 0.294. The third kappa shape index (κ3) is 3.63. The van der Waals surface area contributed by atoms with Crippen molar-refractivity contribution in [1.29, 1.82) is 0 Å². The van der Waals surface area contributed by atoms with Gasteiger partial charge in [-0.2, -0.15) is 0 Å². The highest BCUT2D eigenvalue weighted by Crippen LogP contribution is 2.19. The van der Waals surface area contributed by atoms with Gasteiger partial charge in [-0.05, 0) is 12.1 Å². The first kappa shape index (κ1) is 15.4. The summed E-state index contributed by atoms with van der Waals surface area (Å²) in [6, 6.07) is 7.44. The summed E-state index contributed by atoms with van der Waals surface area (Å²) in [5.41, 5.74) is 0.727. The summed E-state index contributed by atoms with van der Waals surface area (Å²) in [5.74, 6) is 6.17. The van der Waals surface area contributed by atoms with Gasteiger partial charge in [0, 0.05) is 43.7 Å². The molecule has 5 nitrogen and oxygen atoms in total. The third-order valence-corrected chi connectivity index (χ3v) is 4.50. The predicted molar refractivity (Wildman–Crippen MR) is 90.8 cm³/mol. The van der Waals surface area contributed by atoms with E-state index in [1.165, 1.54) is 0 Å². The van der Waals surface area contributed by atoms with Gasteiger partial charge >= 0.3 is 0 Å². The molecular formula is C17H17N3O2S. The SMILES string of the molecule is COc1ccccc1C#CC(=O)N1CCN(c2nccs2)CC1. The number of anilines is 1. The van der Waals surface area contributed by atoms with Gasteiger partial charge in [0.1, 0.15) is 5.75 Å². The van der Waals surface area contributed by atoms with Gasteiger partial charge in [-0.3, -0.25) is 4.79 Å². The zero-order chi connectivity index (χ0) is 16.1. The number of amides is 1. The number of aromatic nitrogens is 1. The molecular weight excluding hydrogens is 310 g/mol. The molecule has 1 aromatic heterocycles. The average molecular weight is 327 g/mol. The van der Waals surface area contributed by atoms with Crippen LogP contribution < -0.4 is 9.64 Å². The molecule has 0 radical (unpaired) electrons. The normalized spacial score (nSPS) is 14.1. The van der Waals surface area contributed by atoms with E-state index in [1.54, 1.807) is 29.5 Å². The number of carbonyl (C=O) groups is 1. The van der Waals surface area contributed by atoms with Crippen LogP contribution in [0.25, 0.3) is 0 Å². The molecule has 0 unspecified atom stereocenters. The Morgan fingerprint density at radius 3 is 2.74 bits per heavy atom. The average Bonchev–Trinajstić information content (AvgIpc) is 3.14. The van der Waals surface area contributed by atoms with E-state index in [0.29, 0.717) is 18.8 Å². The van der Waals surface area contributed by atoms with Crippen molar-refractivity contribution < 1.29 is 9.53 Å². The highest BCUT2D eigenvalue weighted by Gasteiger charge is 2.21. The molecule has 1 aliphatic heterocycles. The Balaban J connectivity index is 1.61. The first-order chi connectivity index (χ1) is 11.3. The Morgan fingerprint density at radius 1 is 1.26 bits per heavy atom. The molecule has 0 aliphatic carbocycles. The second-order valence-electron chi connectivity index (χ2n) is 5.04. The quantitative estimate of drug-likeness (QED) is 0.790. The van der Waals surface area contributed by atoms with Crippen LogP contribution >= 0.6 is 11.3 Å². The van der Waals surface area contributed by atoms with E-state index < -0.39 is 0 Å². The van der Waals surface area contributed by atoms with Crippen molar-refractivity contribution in [2.75, 3.05) is 38.2 Å². The summed E-state index contributed by atoms with van der Waals surface area (Å²) in [6.07, 6.45) is 1.80. The number of thiazole rings is 1. The van der Waals surface area contributed by atoms with Crippen molar-refractivity contribution in [3.05, 3.63) is 41.4 Å². The maximum atomic E-state index is 12.2. The lowest BCUT2D eigenvalue weighted by molar-refractivity contribution is -0.125. The number of hydrogen-bond donors (Lipinski definition) is 0. The number of benzene rings is 1. The number of para-hydroxylation sites is 1. The van der Waals surface area contributed by atoms with Crippen LogP contribution in [0.2, 0.25) is 0 Å². The minimum Gasteiger partial charge on any atom is -0.495 e. The number of nitrogens with zero attached hydrogens (tertiary/aromatic N) is 3. The molecule has 118 valence electrons.